The number of carboxylic acids is 1. The van der Waals surface area contributed by atoms with Crippen LogP contribution in [0.25, 0.3) is 0 Å². The third kappa shape index (κ3) is 4.55. The van der Waals surface area contributed by atoms with E-state index in [1.54, 1.807) is 32.9 Å². The molecule has 1 aromatic rings. The van der Waals surface area contributed by atoms with Crippen LogP contribution < -0.4 is 10.6 Å². The standard InChI is InChI=1S/C19H25ClN2O4/c1-11(2)16(23)21-12-7-8-15(20)13(10-12)17(24)22-19(3)9-5-4-6-14(19)18(25)26/h7-8,10-11,14H,4-6,9H2,1-3H3,(H,21,23)(H,22,24)(H,25,26). The smallest absolute Gasteiger partial charge is 0.308 e. The number of aliphatic carboxylic acids is 1. The Balaban J connectivity index is 2.23. The Kier molecular flexibility index (Phi) is 6.29. The molecule has 0 saturated heterocycles. The van der Waals surface area contributed by atoms with Crippen LogP contribution in [0.5, 0.6) is 0 Å². The predicted octanol–water partition coefficient (Wildman–Crippen LogP) is 3.70. The highest BCUT2D eigenvalue weighted by Gasteiger charge is 2.42. The molecule has 7 heteroatoms. The molecule has 1 fully saturated rings. The number of carbonyl (C=O) groups is 3. The molecule has 26 heavy (non-hydrogen) atoms. The summed E-state index contributed by atoms with van der Waals surface area (Å²) in [5.41, 5.74) is -0.146. The van der Waals surface area contributed by atoms with Gasteiger partial charge in [0.25, 0.3) is 5.91 Å². The summed E-state index contributed by atoms with van der Waals surface area (Å²) in [7, 11) is 0. The molecule has 1 aliphatic carbocycles. The van der Waals surface area contributed by atoms with Crippen LogP contribution in [-0.4, -0.2) is 28.4 Å². The lowest BCUT2D eigenvalue weighted by molar-refractivity contribution is -0.145. The van der Waals surface area contributed by atoms with Gasteiger partial charge in [0.1, 0.15) is 0 Å². The van der Waals surface area contributed by atoms with Crippen LogP contribution in [0.1, 0.15) is 56.8 Å². The molecule has 2 atom stereocenters. The molecule has 3 N–H and O–H groups in total. The van der Waals surface area contributed by atoms with Gasteiger partial charge < -0.3 is 15.7 Å². The Morgan fingerprint density at radius 1 is 1.27 bits per heavy atom. The van der Waals surface area contributed by atoms with E-state index in [1.165, 1.54) is 6.07 Å². The third-order valence-electron chi connectivity index (χ3n) is 4.91. The molecule has 0 bridgehead atoms. The fraction of sp³-hybridized carbons (Fsp3) is 0.526. The molecule has 0 heterocycles. The van der Waals surface area contributed by atoms with Gasteiger partial charge in [0.2, 0.25) is 5.91 Å². The SMILES string of the molecule is CC(C)C(=O)Nc1ccc(Cl)c(C(=O)NC2(C)CCCCC2C(=O)O)c1. The average molecular weight is 381 g/mol. The van der Waals surface area contributed by atoms with Gasteiger partial charge in [-0.1, -0.05) is 38.3 Å². The second kappa shape index (κ2) is 8.08. The minimum atomic E-state index is -0.906. The second-order valence-corrected chi connectivity index (χ2v) is 7.75. The van der Waals surface area contributed by atoms with Crippen molar-refractivity contribution in [3.05, 3.63) is 28.8 Å². The molecule has 1 saturated carbocycles. The van der Waals surface area contributed by atoms with Crippen molar-refractivity contribution in [2.24, 2.45) is 11.8 Å². The molecule has 0 aliphatic heterocycles. The van der Waals surface area contributed by atoms with E-state index in [-0.39, 0.29) is 22.4 Å². The van der Waals surface area contributed by atoms with Crippen LogP contribution in [0.2, 0.25) is 5.02 Å². The number of benzene rings is 1. The van der Waals surface area contributed by atoms with E-state index in [0.717, 1.165) is 12.8 Å². The fourth-order valence-electron chi connectivity index (χ4n) is 3.27. The van der Waals surface area contributed by atoms with Gasteiger partial charge in [0, 0.05) is 11.6 Å². The summed E-state index contributed by atoms with van der Waals surface area (Å²) in [6, 6.07) is 4.69. The van der Waals surface area contributed by atoms with Crippen LogP contribution in [0.15, 0.2) is 18.2 Å². The van der Waals surface area contributed by atoms with Gasteiger partial charge in [0.05, 0.1) is 22.0 Å². The van der Waals surface area contributed by atoms with E-state index in [1.807, 2.05) is 0 Å². The van der Waals surface area contributed by atoms with Crippen molar-refractivity contribution in [3.63, 3.8) is 0 Å². The summed E-state index contributed by atoms with van der Waals surface area (Å²) >= 11 is 6.16. The van der Waals surface area contributed by atoms with Crippen molar-refractivity contribution in [2.45, 2.75) is 52.0 Å². The first-order valence-corrected chi connectivity index (χ1v) is 9.17. The van der Waals surface area contributed by atoms with Crippen molar-refractivity contribution in [2.75, 3.05) is 5.32 Å². The molecular formula is C19H25ClN2O4. The Morgan fingerprint density at radius 2 is 1.96 bits per heavy atom. The summed E-state index contributed by atoms with van der Waals surface area (Å²) in [5, 5.41) is 15.3. The van der Waals surface area contributed by atoms with E-state index in [4.69, 9.17) is 11.6 Å². The van der Waals surface area contributed by atoms with Crippen molar-refractivity contribution in [3.8, 4) is 0 Å². The van der Waals surface area contributed by atoms with Crippen LogP contribution in [0.4, 0.5) is 5.69 Å². The monoisotopic (exact) mass is 380 g/mol. The zero-order chi connectivity index (χ0) is 19.5. The van der Waals surface area contributed by atoms with Crippen molar-refractivity contribution in [1.29, 1.82) is 0 Å². The Bertz CT molecular complexity index is 719. The lowest BCUT2D eigenvalue weighted by Gasteiger charge is -2.39. The molecule has 0 radical (unpaired) electrons. The number of anilines is 1. The highest BCUT2D eigenvalue weighted by molar-refractivity contribution is 6.34. The Labute approximate surface area is 158 Å². The number of hydrogen-bond donors (Lipinski definition) is 3. The normalized spacial score (nSPS) is 22.7. The van der Waals surface area contributed by atoms with E-state index in [2.05, 4.69) is 10.6 Å². The molecule has 6 nitrogen and oxygen atoms in total. The summed E-state index contributed by atoms with van der Waals surface area (Å²) in [6.07, 6.45) is 2.82. The van der Waals surface area contributed by atoms with Gasteiger partial charge in [0.15, 0.2) is 0 Å². The maximum absolute atomic E-state index is 12.8. The number of rotatable bonds is 5. The largest absolute Gasteiger partial charge is 0.481 e. The molecule has 0 aromatic heterocycles. The van der Waals surface area contributed by atoms with Crippen molar-refractivity contribution < 1.29 is 19.5 Å². The fourth-order valence-corrected chi connectivity index (χ4v) is 3.47. The molecule has 2 unspecified atom stereocenters. The maximum Gasteiger partial charge on any atom is 0.308 e. The Morgan fingerprint density at radius 3 is 2.58 bits per heavy atom. The number of carbonyl (C=O) groups excluding carboxylic acids is 2. The maximum atomic E-state index is 12.8. The summed E-state index contributed by atoms with van der Waals surface area (Å²) in [4.78, 5) is 36.2. The first-order valence-electron chi connectivity index (χ1n) is 8.80. The molecular weight excluding hydrogens is 356 g/mol. The lowest BCUT2D eigenvalue weighted by atomic mass is 9.73. The highest BCUT2D eigenvalue weighted by atomic mass is 35.5. The minimum absolute atomic E-state index is 0.163. The van der Waals surface area contributed by atoms with Crippen LogP contribution >= 0.6 is 11.6 Å². The predicted molar refractivity (Wildman–Crippen MR) is 100 cm³/mol. The third-order valence-corrected chi connectivity index (χ3v) is 5.24. The lowest BCUT2D eigenvalue weighted by Crippen LogP contribution is -2.55. The molecule has 142 valence electrons. The van der Waals surface area contributed by atoms with Crippen LogP contribution in [0, 0.1) is 11.8 Å². The van der Waals surface area contributed by atoms with E-state index < -0.39 is 23.3 Å². The van der Waals surface area contributed by atoms with Crippen molar-refractivity contribution in [1.82, 2.24) is 5.32 Å². The van der Waals surface area contributed by atoms with Crippen LogP contribution in [0.3, 0.4) is 0 Å². The summed E-state index contributed by atoms with van der Waals surface area (Å²) in [6.45, 7) is 5.31. The molecule has 2 rings (SSSR count). The van der Waals surface area contributed by atoms with Gasteiger partial charge in [-0.25, -0.2) is 0 Å². The highest BCUT2D eigenvalue weighted by Crippen LogP contribution is 2.34. The van der Waals surface area contributed by atoms with E-state index >= 15 is 0 Å². The van der Waals surface area contributed by atoms with Gasteiger partial charge in [-0.15, -0.1) is 0 Å². The summed E-state index contributed by atoms with van der Waals surface area (Å²) in [5.74, 6) is -2.34. The first kappa shape index (κ1) is 20.2. The topological polar surface area (TPSA) is 95.5 Å². The van der Waals surface area contributed by atoms with Gasteiger partial charge in [-0.2, -0.15) is 0 Å². The first-order chi connectivity index (χ1) is 12.1. The quantitative estimate of drug-likeness (QED) is 0.725. The number of amides is 2. The van der Waals surface area contributed by atoms with E-state index in [9.17, 15) is 19.5 Å². The number of hydrogen-bond acceptors (Lipinski definition) is 3. The second-order valence-electron chi connectivity index (χ2n) is 7.35. The summed E-state index contributed by atoms with van der Waals surface area (Å²) < 4.78 is 0. The van der Waals surface area contributed by atoms with Gasteiger partial charge >= 0.3 is 5.97 Å². The number of nitrogens with one attached hydrogen (secondary N) is 2. The van der Waals surface area contributed by atoms with E-state index in [0.29, 0.717) is 18.5 Å². The molecule has 1 aliphatic rings. The number of carboxylic acid groups (broad SMARTS) is 1. The van der Waals surface area contributed by atoms with Crippen molar-refractivity contribution >= 4 is 35.1 Å². The molecule has 0 spiro atoms. The van der Waals surface area contributed by atoms with Gasteiger partial charge in [-0.05, 0) is 38.0 Å². The van der Waals surface area contributed by atoms with Crippen LogP contribution in [-0.2, 0) is 9.59 Å². The van der Waals surface area contributed by atoms with Gasteiger partial charge in [-0.3, -0.25) is 14.4 Å². The zero-order valence-electron chi connectivity index (χ0n) is 15.3. The molecule has 1 aromatic carbocycles. The minimum Gasteiger partial charge on any atom is -0.481 e. The average Bonchev–Trinajstić information content (AvgIpc) is 2.56. The zero-order valence-corrected chi connectivity index (χ0v) is 16.0. The molecule has 2 amide bonds. The number of halogens is 1. The Hall–Kier alpha value is -2.08.